The van der Waals surface area contributed by atoms with Crippen LogP contribution in [0, 0.1) is 6.92 Å². The van der Waals surface area contributed by atoms with Crippen molar-refractivity contribution < 1.29 is 10.1 Å². The molecule has 0 fully saturated rings. The molecule has 1 aromatic heterocycles. The lowest BCUT2D eigenvalue weighted by molar-refractivity contribution is -0.660. The Morgan fingerprint density at radius 2 is 1.77 bits per heavy atom. The number of pyridine rings is 1. The van der Waals surface area contributed by atoms with E-state index in [1.807, 2.05) is 23.9 Å². The first-order valence-electron chi connectivity index (χ1n) is 11.1. The summed E-state index contributed by atoms with van der Waals surface area (Å²) in [5, 5.41) is 0. The summed E-state index contributed by atoms with van der Waals surface area (Å²) >= 11 is 0. The number of fused-ring (bicyclic) bond motifs is 3. The van der Waals surface area contributed by atoms with Gasteiger partial charge in [-0.1, -0.05) is 58.0 Å². The molecule has 4 rings (SSSR count). The minimum absolute atomic E-state index is 0.104. The fraction of sp³-hybridized carbons (Fsp3) is 0.320. The second-order valence-corrected chi connectivity index (χ2v) is 7.92. The van der Waals surface area contributed by atoms with Crippen LogP contribution in [-0.2, 0) is 12.5 Å². The lowest BCUT2D eigenvalue weighted by atomic mass is 9.81. The smallest absolute Gasteiger partial charge is 0.201 e. The molecule has 132 valence electrons. The van der Waals surface area contributed by atoms with Crippen LogP contribution in [0.3, 0.4) is 0 Å². The topological polar surface area (TPSA) is 3.88 Å². The zero-order valence-electron chi connectivity index (χ0n) is 20.1. The highest BCUT2D eigenvalue weighted by molar-refractivity contribution is 5.84. The van der Waals surface area contributed by atoms with Gasteiger partial charge in [-0.2, -0.15) is 0 Å². The standard InChI is InChI=1S/C25H28N/c1-16(2)18-11-12-26(6)24(14-18)20-15-23-21(13-17(20)3)19-9-7-8-10-22(19)25(23,4)5/h7-16H,1-6H3/q+1/i1D3,16D. The summed E-state index contributed by atoms with van der Waals surface area (Å²) < 4.78 is 33.9. The highest BCUT2D eigenvalue weighted by Gasteiger charge is 2.36. The van der Waals surface area contributed by atoms with Gasteiger partial charge in [0.1, 0.15) is 7.05 Å². The summed E-state index contributed by atoms with van der Waals surface area (Å²) in [6.07, 6.45) is 1.86. The van der Waals surface area contributed by atoms with Crippen molar-refractivity contribution >= 4 is 0 Å². The summed E-state index contributed by atoms with van der Waals surface area (Å²) in [4.78, 5) is 0. The molecule has 0 radical (unpaired) electrons. The van der Waals surface area contributed by atoms with Gasteiger partial charge in [-0.3, -0.25) is 0 Å². The summed E-state index contributed by atoms with van der Waals surface area (Å²) in [7, 11) is 1.96. The van der Waals surface area contributed by atoms with Crippen LogP contribution in [0.2, 0.25) is 0 Å². The normalized spacial score (nSPS) is 19.4. The molecule has 1 atom stereocenters. The molecular weight excluding hydrogens is 314 g/mol. The highest BCUT2D eigenvalue weighted by atomic mass is 14.9. The van der Waals surface area contributed by atoms with Crippen molar-refractivity contribution in [1.82, 2.24) is 0 Å². The predicted octanol–water partition coefficient (Wildman–Crippen LogP) is 5.92. The van der Waals surface area contributed by atoms with Gasteiger partial charge in [-0.15, -0.1) is 0 Å². The molecular formula is C25H28N+. The van der Waals surface area contributed by atoms with E-state index in [2.05, 4.69) is 57.2 Å². The van der Waals surface area contributed by atoms with Gasteiger partial charge in [-0.25, -0.2) is 4.57 Å². The maximum absolute atomic E-state index is 8.50. The molecule has 1 heterocycles. The van der Waals surface area contributed by atoms with Crippen LogP contribution in [0.15, 0.2) is 54.7 Å². The van der Waals surface area contributed by atoms with Gasteiger partial charge in [-0.05, 0) is 52.3 Å². The van der Waals surface area contributed by atoms with Crippen LogP contribution in [0.1, 0.15) is 61.3 Å². The predicted molar refractivity (Wildman–Crippen MR) is 109 cm³/mol. The highest BCUT2D eigenvalue weighted by Crippen LogP contribution is 2.50. The first-order valence-corrected chi connectivity index (χ1v) is 9.11. The van der Waals surface area contributed by atoms with E-state index in [0.717, 1.165) is 16.8 Å². The summed E-state index contributed by atoms with van der Waals surface area (Å²) in [5.74, 6) is -1.67. The summed E-state index contributed by atoms with van der Waals surface area (Å²) in [6.45, 7) is 5.67. The minimum atomic E-state index is -2.40. The minimum Gasteiger partial charge on any atom is -0.201 e. The van der Waals surface area contributed by atoms with Crippen molar-refractivity contribution in [3.05, 3.63) is 77.0 Å². The zero-order valence-corrected chi connectivity index (χ0v) is 16.1. The maximum atomic E-state index is 8.50. The summed E-state index contributed by atoms with van der Waals surface area (Å²) in [5.41, 5.74) is 8.67. The van der Waals surface area contributed by atoms with Crippen LogP contribution in [0.4, 0.5) is 0 Å². The molecule has 1 heteroatoms. The van der Waals surface area contributed by atoms with Crippen LogP contribution in [-0.4, -0.2) is 0 Å². The fourth-order valence-electron chi connectivity index (χ4n) is 4.20. The van der Waals surface area contributed by atoms with Crippen molar-refractivity contribution in [3.63, 3.8) is 0 Å². The molecule has 0 saturated carbocycles. The number of aromatic nitrogens is 1. The van der Waals surface area contributed by atoms with E-state index in [1.54, 1.807) is 6.07 Å². The monoisotopic (exact) mass is 346 g/mol. The Balaban J connectivity index is 1.92. The maximum Gasteiger partial charge on any atom is 0.212 e. The van der Waals surface area contributed by atoms with Gasteiger partial charge in [0, 0.05) is 28.6 Å². The average Bonchev–Trinajstić information content (AvgIpc) is 2.88. The molecule has 1 aliphatic rings. The third-order valence-electron chi connectivity index (χ3n) is 5.79. The van der Waals surface area contributed by atoms with Crippen LogP contribution >= 0.6 is 0 Å². The van der Waals surface area contributed by atoms with E-state index in [1.165, 1.54) is 29.2 Å². The van der Waals surface area contributed by atoms with E-state index in [0.29, 0.717) is 5.56 Å². The van der Waals surface area contributed by atoms with Crippen molar-refractivity contribution in [2.45, 2.75) is 45.9 Å². The second kappa shape index (κ2) is 5.81. The molecule has 1 nitrogen and oxygen atoms in total. The molecule has 0 aliphatic heterocycles. The Kier molecular flexibility index (Phi) is 2.87. The third kappa shape index (κ3) is 2.41. The van der Waals surface area contributed by atoms with Gasteiger partial charge in [0.2, 0.25) is 5.69 Å². The molecule has 0 saturated heterocycles. The quantitative estimate of drug-likeness (QED) is 0.507. The molecule has 0 spiro atoms. The van der Waals surface area contributed by atoms with E-state index >= 15 is 0 Å². The van der Waals surface area contributed by atoms with Gasteiger partial charge in [0.05, 0.1) is 0 Å². The van der Waals surface area contributed by atoms with E-state index in [-0.39, 0.29) is 5.41 Å². The zero-order chi connectivity index (χ0) is 22.1. The van der Waals surface area contributed by atoms with E-state index in [9.17, 15) is 0 Å². The second-order valence-electron chi connectivity index (χ2n) is 7.92. The lowest BCUT2D eigenvalue weighted by Crippen LogP contribution is -2.31. The number of benzene rings is 2. The number of hydrogen-bond donors (Lipinski definition) is 0. The Morgan fingerprint density at radius 1 is 1.00 bits per heavy atom. The Hall–Kier alpha value is -2.41. The Bertz CT molecular complexity index is 1160. The van der Waals surface area contributed by atoms with Gasteiger partial charge >= 0.3 is 0 Å². The molecule has 1 unspecified atom stereocenters. The molecule has 1 aliphatic carbocycles. The summed E-state index contributed by atoms with van der Waals surface area (Å²) in [6, 6.07) is 16.7. The molecule has 26 heavy (non-hydrogen) atoms. The van der Waals surface area contributed by atoms with Crippen LogP contribution < -0.4 is 4.57 Å². The third-order valence-corrected chi connectivity index (χ3v) is 5.79. The first kappa shape index (κ1) is 12.9. The number of hydrogen-bond acceptors (Lipinski definition) is 0. The molecule has 0 bridgehead atoms. The van der Waals surface area contributed by atoms with E-state index in [4.69, 9.17) is 5.48 Å². The molecule has 0 N–H and O–H groups in total. The fourth-order valence-corrected chi connectivity index (χ4v) is 4.20. The SMILES string of the molecule is [2H]C([2H])([2H])C([2H])(C)c1cc[n+](C)c(-c2cc3c(cc2C)-c2ccccc2C3(C)C)c1. The van der Waals surface area contributed by atoms with Gasteiger partial charge in [0.25, 0.3) is 0 Å². The lowest BCUT2D eigenvalue weighted by Gasteiger charge is -2.22. The van der Waals surface area contributed by atoms with Gasteiger partial charge in [0.15, 0.2) is 6.20 Å². The number of nitrogens with zero attached hydrogens (tertiary/aromatic N) is 1. The molecule has 0 amide bonds. The van der Waals surface area contributed by atoms with Crippen molar-refractivity contribution in [3.8, 4) is 22.4 Å². The average molecular weight is 347 g/mol. The van der Waals surface area contributed by atoms with Crippen molar-refractivity contribution in [2.75, 3.05) is 0 Å². The number of aryl methyl sites for hydroxylation is 2. The Labute approximate surface area is 163 Å². The van der Waals surface area contributed by atoms with Gasteiger partial charge < -0.3 is 0 Å². The largest absolute Gasteiger partial charge is 0.212 e. The molecule has 3 aromatic rings. The molecule has 2 aromatic carbocycles. The van der Waals surface area contributed by atoms with Crippen molar-refractivity contribution in [2.24, 2.45) is 7.05 Å². The van der Waals surface area contributed by atoms with Crippen LogP contribution in [0.25, 0.3) is 22.4 Å². The Morgan fingerprint density at radius 3 is 2.54 bits per heavy atom. The van der Waals surface area contributed by atoms with Crippen LogP contribution in [0.5, 0.6) is 0 Å². The van der Waals surface area contributed by atoms with E-state index < -0.39 is 12.7 Å². The first-order chi connectivity index (χ1) is 13.9. The number of rotatable bonds is 2. The van der Waals surface area contributed by atoms with Crippen molar-refractivity contribution in [1.29, 1.82) is 0 Å².